The Hall–Kier alpha value is -2.16. The summed E-state index contributed by atoms with van der Waals surface area (Å²) in [5.41, 5.74) is 3.56. The summed E-state index contributed by atoms with van der Waals surface area (Å²) in [6.07, 6.45) is 4.02. The number of nitrogens with zero attached hydrogens (tertiary/aromatic N) is 1. The molecule has 23 heavy (non-hydrogen) atoms. The second-order valence-corrected chi connectivity index (χ2v) is 6.66. The molecule has 3 nitrogen and oxygen atoms in total. The highest BCUT2D eigenvalue weighted by molar-refractivity contribution is 6.06. The van der Waals surface area contributed by atoms with E-state index in [2.05, 4.69) is 50.2 Å². The zero-order valence-electron chi connectivity index (χ0n) is 13.8. The number of carboxylic acids is 1. The molecule has 120 valence electrons. The van der Waals surface area contributed by atoms with E-state index in [4.69, 9.17) is 10.1 Å². The van der Waals surface area contributed by atoms with Crippen LogP contribution in [0.15, 0.2) is 41.4 Å². The maximum atomic E-state index is 10.6. The third-order valence-corrected chi connectivity index (χ3v) is 5.11. The summed E-state index contributed by atoms with van der Waals surface area (Å²) in [6, 6.07) is 12.8. The molecule has 0 fully saturated rings. The molecule has 0 aliphatic carbocycles. The number of benzene rings is 2. The minimum absolute atomic E-state index is 0.0422. The van der Waals surface area contributed by atoms with Crippen molar-refractivity contribution in [1.29, 1.82) is 0 Å². The first-order valence-electron chi connectivity index (χ1n) is 8.32. The van der Waals surface area contributed by atoms with Gasteiger partial charge in [0.25, 0.3) is 0 Å². The van der Waals surface area contributed by atoms with Crippen molar-refractivity contribution in [2.45, 2.75) is 51.4 Å². The fourth-order valence-electron chi connectivity index (χ4n) is 3.66. The van der Waals surface area contributed by atoms with Crippen LogP contribution in [-0.4, -0.2) is 16.8 Å². The van der Waals surface area contributed by atoms with E-state index in [9.17, 15) is 4.79 Å². The Kier molecular flexibility index (Phi) is 4.20. The molecule has 1 heterocycles. The summed E-state index contributed by atoms with van der Waals surface area (Å²) < 4.78 is 0. The predicted molar refractivity (Wildman–Crippen MR) is 94.8 cm³/mol. The number of carbonyl (C=O) groups is 1. The van der Waals surface area contributed by atoms with E-state index < -0.39 is 5.97 Å². The summed E-state index contributed by atoms with van der Waals surface area (Å²) in [5, 5.41) is 11.3. The Bertz CT molecular complexity index is 778. The molecule has 2 aromatic carbocycles. The van der Waals surface area contributed by atoms with Crippen molar-refractivity contribution in [2.75, 3.05) is 0 Å². The van der Waals surface area contributed by atoms with Crippen molar-refractivity contribution in [3.8, 4) is 0 Å². The molecule has 0 aromatic heterocycles. The molecule has 0 bridgehead atoms. The van der Waals surface area contributed by atoms with Crippen LogP contribution in [0.2, 0.25) is 0 Å². The quantitative estimate of drug-likeness (QED) is 0.742. The number of aliphatic imine (C=N–C) groups is 1. The molecule has 2 aromatic rings. The lowest BCUT2D eigenvalue weighted by Crippen LogP contribution is -2.27. The highest BCUT2D eigenvalue weighted by Crippen LogP contribution is 2.46. The number of fused-ring (bicyclic) bond motifs is 3. The van der Waals surface area contributed by atoms with Gasteiger partial charge in [-0.05, 0) is 42.2 Å². The summed E-state index contributed by atoms with van der Waals surface area (Å²) >= 11 is 0. The minimum atomic E-state index is -0.703. The molecular formula is C20H23NO2. The molecule has 0 amide bonds. The zero-order chi connectivity index (χ0) is 16.4. The zero-order valence-corrected chi connectivity index (χ0v) is 13.8. The third-order valence-electron chi connectivity index (χ3n) is 5.11. The lowest BCUT2D eigenvalue weighted by molar-refractivity contribution is -0.137. The van der Waals surface area contributed by atoms with E-state index in [1.54, 1.807) is 0 Å². The van der Waals surface area contributed by atoms with Crippen LogP contribution in [0.1, 0.15) is 51.5 Å². The van der Waals surface area contributed by atoms with Gasteiger partial charge in [0.1, 0.15) is 0 Å². The normalized spacial score (nSPS) is 19.7. The number of aliphatic carboxylic acids is 1. The number of carboxylic acid groups (broad SMARTS) is 1. The average Bonchev–Trinajstić information content (AvgIpc) is 2.78. The van der Waals surface area contributed by atoms with Gasteiger partial charge in [-0.1, -0.05) is 50.1 Å². The molecule has 1 atom stereocenters. The van der Waals surface area contributed by atoms with Crippen LogP contribution in [0.25, 0.3) is 10.8 Å². The maximum absolute atomic E-state index is 10.6. The lowest BCUT2D eigenvalue weighted by Gasteiger charge is -2.27. The maximum Gasteiger partial charge on any atom is 0.303 e. The Morgan fingerprint density at radius 3 is 2.70 bits per heavy atom. The summed E-state index contributed by atoms with van der Waals surface area (Å²) in [6.45, 7) is 4.40. The Morgan fingerprint density at radius 1 is 1.13 bits per heavy atom. The van der Waals surface area contributed by atoms with Crippen molar-refractivity contribution < 1.29 is 9.90 Å². The smallest absolute Gasteiger partial charge is 0.303 e. The Labute approximate surface area is 137 Å². The van der Waals surface area contributed by atoms with Crippen molar-refractivity contribution in [2.24, 2.45) is 4.99 Å². The average molecular weight is 309 g/mol. The fraction of sp³-hybridized carbons (Fsp3) is 0.400. The highest BCUT2D eigenvalue weighted by Gasteiger charge is 2.37. The molecule has 3 rings (SSSR count). The SMILES string of the molecule is CC1=Nc2ccc3ccccc3c2C1(C)CCCCCC(=O)O. The van der Waals surface area contributed by atoms with Gasteiger partial charge in [0.15, 0.2) is 0 Å². The van der Waals surface area contributed by atoms with Gasteiger partial charge in [-0.3, -0.25) is 9.79 Å². The van der Waals surface area contributed by atoms with Crippen molar-refractivity contribution in [1.82, 2.24) is 0 Å². The molecule has 1 unspecified atom stereocenters. The first kappa shape index (κ1) is 15.7. The molecule has 1 N–H and O–H groups in total. The van der Waals surface area contributed by atoms with E-state index in [0.717, 1.165) is 31.4 Å². The van der Waals surface area contributed by atoms with Gasteiger partial charge >= 0.3 is 5.97 Å². The number of hydrogen-bond acceptors (Lipinski definition) is 2. The van der Waals surface area contributed by atoms with Gasteiger partial charge in [-0.15, -0.1) is 0 Å². The van der Waals surface area contributed by atoms with E-state index in [-0.39, 0.29) is 11.8 Å². The standard InChI is InChI=1S/C20H23NO2/c1-14-20(2,13-7-3-4-10-18(22)23)19-16-9-6-5-8-15(16)11-12-17(19)21-14/h5-6,8-9,11-12H,3-4,7,10,13H2,1-2H3,(H,22,23). The topological polar surface area (TPSA) is 49.7 Å². The van der Waals surface area contributed by atoms with Crippen LogP contribution >= 0.6 is 0 Å². The number of unbranched alkanes of at least 4 members (excludes halogenated alkanes) is 2. The van der Waals surface area contributed by atoms with Crippen LogP contribution in [-0.2, 0) is 10.2 Å². The molecule has 0 saturated heterocycles. The number of rotatable bonds is 6. The first-order chi connectivity index (χ1) is 11.0. The second-order valence-electron chi connectivity index (χ2n) is 6.66. The molecular weight excluding hydrogens is 286 g/mol. The van der Waals surface area contributed by atoms with Gasteiger partial charge in [-0.2, -0.15) is 0 Å². The Balaban J connectivity index is 1.85. The molecule has 3 heteroatoms. The predicted octanol–water partition coefficient (Wildman–Crippen LogP) is 5.24. The number of hydrogen-bond donors (Lipinski definition) is 1. The van der Waals surface area contributed by atoms with Crippen LogP contribution in [0.3, 0.4) is 0 Å². The summed E-state index contributed by atoms with van der Waals surface area (Å²) in [4.78, 5) is 15.4. The minimum Gasteiger partial charge on any atom is -0.481 e. The van der Waals surface area contributed by atoms with E-state index in [0.29, 0.717) is 0 Å². The first-order valence-corrected chi connectivity index (χ1v) is 8.32. The summed E-state index contributed by atoms with van der Waals surface area (Å²) in [5.74, 6) is -0.703. The third kappa shape index (κ3) is 2.88. The van der Waals surface area contributed by atoms with E-state index >= 15 is 0 Å². The highest BCUT2D eigenvalue weighted by atomic mass is 16.4. The van der Waals surface area contributed by atoms with Gasteiger partial charge < -0.3 is 5.11 Å². The van der Waals surface area contributed by atoms with E-state index in [1.165, 1.54) is 22.0 Å². The molecule has 0 saturated carbocycles. The lowest BCUT2D eigenvalue weighted by atomic mass is 9.74. The summed E-state index contributed by atoms with van der Waals surface area (Å²) in [7, 11) is 0. The van der Waals surface area contributed by atoms with E-state index in [1.807, 2.05) is 0 Å². The molecule has 0 radical (unpaired) electrons. The molecule has 0 spiro atoms. The van der Waals surface area contributed by atoms with Gasteiger partial charge in [0, 0.05) is 17.5 Å². The van der Waals surface area contributed by atoms with Crippen LogP contribution in [0.5, 0.6) is 0 Å². The van der Waals surface area contributed by atoms with Crippen LogP contribution in [0, 0.1) is 0 Å². The fourth-order valence-corrected chi connectivity index (χ4v) is 3.66. The van der Waals surface area contributed by atoms with Gasteiger partial charge in [0.2, 0.25) is 0 Å². The molecule has 1 aliphatic rings. The monoisotopic (exact) mass is 309 g/mol. The Morgan fingerprint density at radius 2 is 1.91 bits per heavy atom. The van der Waals surface area contributed by atoms with Crippen LogP contribution < -0.4 is 0 Å². The molecule has 1 aliphatic heterocycles. The van der Waals surface area contributed by atoms with Crippen molar-refractivity contribution in [3.05, 3.63) is 42.0 Å². The second kappa shape index (κ2) is 6.15. The largest absolute Gasteiger partial charge is 0.481 e. The van der Waals surface area contributed by atoms with Crippen molar-refractivity contribution >= 4 is 28.1 Å². The van der Waals surface area contributed by atoms with Gasteiger partial charge in [0.05, 0.1) is 5.69 Å². The van der Waals surface area contributed by atoms with Gasteiger partial charge in [-0.25, -0.2) is 0 Å². The van der Waals surface area contributed by atoms with Crippen molar-refractivity contribution in [3.63, 3.8) is 0 Å². The van der Waals surface area contributed by atoms with Crippen LogP contribution in [0.4, 0.5) is 5.69 Å².